The number of nitrogens with one attached hydrogen (secondary N) is 2. The molecular formula is C15H16ClN3S2. The lowest BCUT2D eigenvalue weighted by molar-refractivity contribution is 0.988. The lowest BCUT2D eigenvalue weighted by Crippen LogP contribution is -2.30. The Morgan fingerprint density at radius 2 is 2.05 bits per heavy atom. The molecule has 0 fully saturated rings. The number of benzene rings is 1. The highest BCUT2D eigenvalue weighted by Gasteiger charge is 2.01. The van der Waals surface area contributed by atoms with Gasteiger partial charge in [0, 0.05) is 28.4 Å². The topological polar surface area (TPSA) is 37.0 Å². The highest BCUT2D eigenvalue weighted by atomic mass is 35.5. The second kappa shape index (κ2) is 8.22. The minimum atomic E-state index is 0.591. The van der Waals surface area contributed by atoms with Crippen LogP contribution in [0.5, 0.6) is 0 Å². The Labute approximate surface area is 139 Å². The van der Waals surface area contributed by atoms with E-state index in [2.05, 4.69) is 15.6 Å². The lowest BCUT2D eigenvalue weighted by atomic mass is 10.3. The van der Waals surface area contributed by atoms with E-state index in [4.69, 9.17) is 23.8 Å². The van der Waals surface area contributed by atoms with Crippen molar-refractivity contribution in [3.63, 3.8) is 0 Å². The molecule has 110 valence electrons. The van der Waals surface area contributed by atoms with E-state index in [1.165, 1.54) is 4.90 Å². The van der Waals surface area contributed by atoms with E-state index < -0.39 is 0 Å². The number of nitrogens with zero attached hydrogens (tertiary/aromatic N) is 1. The molecule has 0 saturated carbocycles. The van der Waals surface area contributed by atoms with Crippen LogP contribution in [0.4, 0.5) is 5.82 Å². The Bertz CT molecular complexity index is 602. The van der Waals surface area contributed by atoms with Crippen LogP contribution in [0.3, 0.4) is 0 Å². The van der Waals surface area contributed by atoms with Crippen LogP contribution in [0.15, 0.2) is 47.5 Å². The number of pyridine rings is 1. The maximum atomic E-state index is 5.85. The van der Waals surface area contributed by atoms with E-state index in [-0.39, 0.29) is 0 Å². The first-order valence-corrected chi connectivity index (χ1v) is 8.27. The van der Waals surface area contributed by atoms with Gasteiger partial charge in [-0.2, -0.15) is 0 Å². The fourth-order valence-corrected chi connectivity index (χ4v) is 2.73. The van der Waals surface area contributed by atoms with Crippen LogP contribution in [-0.2, 0) is 0 Å². The summed E-state index contributed by atoms with van der Waals surface area (Å²) < 4.78 is 0. The first-order valence-electron chi connectivity index (χ1n) is 6.50. The molecule has 1 aromatic carbocycles. The van der Waals surface area contributed by atoms with Crippen LogP contribution >= 0.6 is 35.6 Å². The van der Waals surface area contributed by atoms with Crippen molar-refractivity contribution in [3.05, 3.63) is 53.2 Å². The number of aromatic nitrogens is 1. The number of hydrogen-bond donors (Lipinski definition) is 2. The van der Waals surface area contributed by atoms with Gasteiger partial charge in [-0.05, 0) is 55.0 Å². The first-order chi connectivity index (χ1) is 10.1. The molecule has 1 heterocycles. The summed E-state index contributed by atoms with van der Waals surface area (Å²) in [5.41, 5.74) is 1.07. The molecule has 0 amide bonds. The SMILES string of the molecule is Cc1cccnc1NC(=S)NCCSc1ccc(Cl)cc1. The molecule has 0 bridgehead atoms. The standard InChI is InChI=1S/C15H16ClN3S2/c1-11-3-2-8-17-14(11)19-15(20)18-9-10-21-13-6-4-12(16)5-7-13/h2-8H,9-10H2,1H3,(H2,17,18,19,20). The van der Waals surface area contributed by atoms with Gasteiger partial charge in [0.1, 0.15) is 5.82 Å². The predicted octanol–water partition coefficient (Wildman–Crippen LogP) is 4.12. The molecule has 6 heteroatoms. The number of thioether (sulfide) groups is 1. The van der Waals surface area contributed by atoms with Gasteiger partial charge in [0.15, 0.2) is 5.11 Å². The van der Waals surface area contributed by atoms with E-state index in [9.17, 15) is 0 Å². The average molecular weight is 338 g/mol. The van der Waals surface area contributed by atoms with Crippen molar-refractivity contribution in [1.82, 2.24) is 10.3 Å². The van der Waals surface area contributed by atoms with Gasteiger partial charge in [-0.3, -0.25) is 0 Å². The molecule has 2 aromatic rings. The highest BCUT2D eigenvalue weighted by molar-refractivity contribution is 7.99. The van der Waals surface area contributed by atoms with Gasteiger partial charge >= 0.3 is 0 Å². The zero-order valence-electron chi connectivity index (χ0n) is 11.6. The van der Waals surface area contributed by atoms with Crippen molar-refractivity contribution in [2.24, 2.45) is 0 Å². The van der Waals surface area contributed by atoms with Gasteiger partial charge in [0.25, 0.3) is 0 Å². The van der Waals surface area contributed by atoms with Crippen LogP contribution in [-0.4, -0.2) is 22.4 Å². The Morgan fingerprint density at radius 1 is 1.29 bits per heavy atom. The summed E-state index contributed by atoms with van der Waals surface area (Å²) >= 11 is 12.9. The molecule has 2 rings (SSSR count). The third-order valence-corrected chi connectivity index (χ3v) is 4.22. The smallest absolute Gasteiger partial charge is 0.171 e. The molecule has 0 aliphatic carbocycles. The van der Waals surface area contributed by atoms with E-state index in [0.717, 1.165) is 28.7 Å². The monoisotopic (exact) mass is 337 g/mol. The Balaban J connectivity index is 1.70. The van der Waals surface area contributed by atoms with Gasteiger partial charge in [-0.1, -0.05) is 17.7 Å². The molecule has 0 spiro atoms. The van der Waals surface area contributed by atoms with Crippen LogP contribution in [0.2, 0.25) is 5.02 Å². The third-order valence-electron chi connectivity index (χ3n) is 2.71. The molecule has 0 aliphatic rings. The van der Waals surface area contributed by atoms with E-state index in [1.807, 2.05) is 43.3 Å². The molecule has 3 nitrogen and oxygen atoms in total. The third kappa shape index (κ3) is 5.53. The molecule has 21 heavy (non-hydrogen) atoms. The van der Waals surface area contributed by atoms with Crippen LogP contribution < -0.4 is 10.6 Å². The Morgan fingerprint density at radius 3 is 2.76 bits per heavy atom. The summed E-state index contributed by atoms with van der Waals surface area (Å²) in [7, 11) is 0. The number of halogens is 1. The zero-order chi connectivity index (χ0) is 15.1. The van der Waals surface area contributed by atoms with Gasteiger partial charge in [0.2, 0.25) is 0 Å². The molecule has 0 saturated heterocycles. The van der Waals surface area contributed by atoms with E-state index in [1.54, 1.807) is 18.0 Å². The molecule has 0 unspecified atom stereocenters. The van der Waals surface area contributed by atoms with Crippen molar-refractivity contribution in [2.75, 3.05) is 17.6 Å². The summed E-state index contributed by atoms with van der Waals surface area (Å²) in [5, 5.41) is 7.62. The Kier molecular flexibility index (Phi) is 6.29. The number of aryl methyl sites for hydroxylation is 1. The largest absolute Gasteiger partial charge is 0.362 e. The molecule has 1 aromatic heterocycles. The maximum absolute atomic E-state index is 5.85. The molecule has 0 aliphatic heterocycles. The first kappa shape index (κ1) is 16.1. The van der Waals surface area contributed by atoms with Crippen molar-refractivity contribution < 1.29 is 0 Å². The van der Waals surface area contributed by atoms with Gasteiger partial charge < -0.3 is 10.6 Å². The van der Waals surface area contributed by atoms with Crippen molar-refractivity contribution in [3.8, 4) is 0 Å². The average Bonchev–Trinajstić information content (AvgIpc) is 2.48. The number of anilines is 1. The Hall–Kier alpha value is -1.30. The summed E-state index contributed by atoms with van der Waals surface area (Å²) in [5.74, 6) is 1.71. The second-order valence-electron chi connectivity index (χ2n) is 4.35. The predicted molar refractivity (Wildman–Crippen MR) is 95.4 cm³/mol. The van der Waals surface area contributed by atoms with Crippen molar-refractivity contribution >= 4 is 46.5 Å². The minimum absolute atomic E-state index is 0.591. The highest BCUT2D eigenvalue weighted by Crippen LogP contribution is 2.19. The number of rotatable bonds is 5. The summed E-state index contributed by atoms with van der Waals surface area (Å²) in [4.78, 5) is 5.44. The van der Waals surface area contributed by atoms with Gasteiger partial charge in [-0.15, -0.1) is 11.8 Å². The maximum Gasteiger partial charge on any atom is 0.171 e. The fourth-order valence-electron chi connectivity index (χ4n) is 1.63. The summed E-state index contributed by atoms with van der Waals surface area (Å²) in [6.07, 6.45) is 1.74. The quantitative estimate of drug-likeness (QED) is 0.487. The number of hydrogen-bond acceptors (Lipinski definition) is 3. The van der Waals surface area contributed by atoms with Crippen LogP contribution in [0.25, 0.3) is 0 Å². The fraction of sp³-hybridized carbons (Fsp3) is 0.200. The molecular weight excluding hydrogens is 322 g/mol. The van der Waals surface area contributed by atoms with Gasteiger partial charge in [0.05, 0.1) is 0 Å². The van der Waals surface area contributed by atoms with Crippen molar-refractivity contribution in [1.29, 1.82) is 0 Å². The second-order valence-corrected chi connectivity index (χ2v) is 6.37. The zero-order valence-corrected chi connectivity index (χ0v) is 14.0. The van der Waals surface area contributed by atoms with Crippen LogP contribution in [0.1, 0.15) is 5.56 Å². The molecule has 0 radical (unpaired) electrons. The van der Waals surface area contributed by atoms with Gasteiger partial charge in [-0.25, -0.2) is 4.98 Å². The van der Waals surface area contributed by atoms with E-state index in [0.29, 0.717) is 5.11 Å². The number of thiocarbonyl (C=S) groups is 1. The summed E-state index contributed by atoms with van der Waals surface area (Å²) in [6.45, 7) is 2.78. The molecule has 2 N–H and O–H groups in total. The summed E-state index contributed by atoms with van der Waals surface area (Å²) in [6, 6.07) is 11.7. The minimum Gasteiger partial charge on any atom is -0.362 e. The lowest BCUT2D eigenvalue weighted by Gasteiger charge is -2.11. The van der Waals surface area contributed by atoms with Crippen LogP contribution in [0, 0.1) is 6.92 Å². The van der Waals surface area contributed by atoms with E-state index >= 15 is 0 Å². The molecule has 0 atom stereocenters. The normalized spacial score (nSPS) is 10.2. The van der Waals surface area contributed by atoms with Crippen molar-refractivity contribution in [2.45, 2.75) is 11.8 Å².